The van der Waals surface area contributed by atoms with Crippen LogP contribution >= 0.6 is 0 Å². The summed E-state index contributed by atoms with van der Waals surface area (Å²) in [6.45, 7) is 6.70. The highest BCUT2D eigenvalue weighted by Gasteiger charge is 2.30. The molecule has 0 saturated heterocycles. The molecule has 0 aromatic rings. The van der Waals surface area contributed by atoms with Crippen LogP contribution in [0.25, 0.3) is 0 Å². The van der Waals surface area contributed by atoms with Gasteiger partial charge in [-0.3, -0.25) is 4.79 Å². The summed E-state index contributed by atoms with van der Waals surface area (Å²) in [6, 6.07) is 0.501. The van der Waals surface area contributed by atoms with Crippen LogP contribution in [0.3, 0.4) is 0 Å². The summed E-state index contributed by atoms with van der Waals surface area (Å²) in [5, 5.41) is 3.41. The van der Waals surface area contributed by atoms with Gasteiger partial charge in [0.2, 0.25) is 0 Å². The van der Waals surface area contributed by atoms with Crippen molar-refractivity contribution in [1.29, 1.82) is 0 Å². The van der Waals surface area contributed by atoms with Crippen molar-refractivity contribution < 1.29 is 9.53 Å². The zero-order valence-electron chi connectivity index (χ0n) is 10.3. The summed E-state index contributed by atoms with van der Waals surface area (Å²) in [4.78, 5) is 11.4. The molecule has 1 atom stereocenters. The second-order valence-corrected chi connectivity index (χ2v) is 5.34. The SMILES string of the molecule is COC(=O)C(C)(C)CNC(C)CC1CC1. The average molecular weight is 213 g/mol. The number of ether oxygens (including phenoxy) is 1. The molecule has 1 aliphatic rings. The Balaban J connectivity index is 2.24. The molecule has 1 saturated carbocycles. The van der Waals surface area contributed by atoms with E-state index in [4.69, 9.17) is 4.74 Å². The number of carbonyl (C=O) groups excluding carboxylic acids is 1. The van der Waals surface area contributed by atoms with Crippen LogP contribution in [0.1, 0.15) is 40.0 Å². The van der Waals surface area contributed by atoms with Crippen molar-refractivity contribution in [2.24, 2.45) is 11.3 Å². The quantitative estimate of drug-likeness (QED) is 0.685. The lowest BCUT2D eigenvalue weighted by molar-refractivity contribution is -0.150. The van der Waals surface area contributed by atoms with E-state index < -0.39 is 5.41 Å². The first-order valence-corrected chi connectivity index (χ1v) is 5.77. The van der Waals surface area contributed by atoms with Crippen molar-refractivity contribution in [3.8, 4) is 0 Å². The number of carbonyl (C=O) groups is 1. The van der Waals surface area contributed by atoms with Gasteiger partial charge < -0.3 is 10.1 Å². The lowest BCUT2D eigenvalue weighted by Crippen LogP contribution is -2.40. The number of hydrogen-bond donors (Lipinski definition) is 1. The van der Waals surface area contributed by atoms with E-state index in [2.05, 4.69) is 12.2 Å². The molecule has 0 bridgehead atoms. The molecule has 0 radical (unpaired) electrons. The van der Waals surface area contributed by atoms with Crippen LogP contribution in [-0.4, -0.2) is 25.7 Å². The molecule has 88 valence electrons. The molecule has 1 unspecified atom stereocenters. The van der Waals surface area contributed by atoms with Crippen LogP contribution < -0.4 is 5.32 Å². The molecule has 1 rings (SSSR count). The van der Waals surface area contributed by atoms with Crippen LogP contribution in [0.2, 0.25) is 0 Å². The lowest BCUT2D eigenvalue weighted by atomic mass is 9.93. The van der Waals surface area contributed by atoms with E-state index in [1.54, 1.807) is 0 Å². The molecule has 1 aliphatic carbocycles. The molecule has 3 heteroatoms. The van der Waals surface area contributed by atoms with E-state index in [0.717, 1.165) is 5.92 Å². The highest BCUT2D eigenvalue weighted by atomic mass is 16.5. The molecule has 0 heterocycles. The number of hydrogen-bond acceptors (Lipinski definition) is 3. The normalized spacial score (nSPS) is 18.7. The van der Waals surface area contributed by atoms with Gasteiger partial charge in [-0.25, -0.2) is 0 Å². The summed E-state index contributed by atoms with van der Waals surface area (Å²) in [5.41, 5.74) is -0.424. The zero-order valence-corrected chi connectivity index (χ0v) is 10.3. The largest absolute Gasteiger partial charge is 0.469 e. The van der Waals surface area contributed by atoms with E-state index in [0.29, 0.717) is 12.6 Å². The number of esters is 1. The van der Waals surface area contributed by atoms with Crippen LogP contribution in [-0.2, 0) is 9.53 Å². The molecule has 1 fully saturated rings. The van der Waals surface area contributed by atoms with E-state index in [1.165, 1.54) is 26.4 Å². The monoisotopic (exact) mass is 213 g/mol. The molecule has 0 aromatic heterocycles. The molecule has 1 N–H and O–H groups in total. The fourth-order valence-electron chi connectivity index (χ4n) is 1.71. The Bertz CT molecular complexity index is 222. The van der Waals surface area contributed by atoms with Gasteiger partial charge in [0.15, 0.2) is 0 Å². The lowest BCUT2D eigenvalue weighted by Gasteiger charge is -2.24. The minimum atomic E-state index is -0.424. The Morgan fingerprint density at radius 3 is 2.60 bits per heavy atom. The maximum absolute atomic E-state index is 11.4. The summed E-state index contributed by atoms with van der Waals surface area (Å²) in [7, 11) is 1.44. The van der Waals surface area contributed by atoms with Gasteiger partial charge in [0.05, 0.1) is 12.5 Å². The van der Waals surface area contributed by atoms with Crippen molar-refractivity contribution in [3.05, 3.63) is 0 Å². The summed E-state index contributed by atoms with van der Waals surface area (Å²) in [5.74, 6) is 0.780. The topological polar surface area (TPSA) is 38.3 Å². The third-order valence-electron chi connectivity index (χ3n) is 3.01. The van der Waals surface area contributed by atoms with Crippen molar-refractivity contribution in [2.75, 3.05) is 13.7 Å². The number of methoxy groups -OCH3 is 1. The fraction of sp³-hybridized carbons (Fsp3) is 0.917. The van der Waals surface area contributed by atoms with E-state index in [1.807, 2.05) is 13.8 Å². The summed E-state index contributed by atoms with van der Waals surface area (Å²) < 4.78 is 4.76. The minimum absolute atomic E-state index is 0.145. The van der Waals surface area contributed by atoms with Gasteiger partial charge in [-0.15, -0.1) is 0 Å². The van der Waals surface area contributed by atoms with Gasteiger partial charge in [-0.05, 0) is 33.1 Å². The van der Waals surface area contributed by atoms with Gasteiger partial charge in [0.25, 0.3) is 0 Å². The summed E-state index contributed by atoms with van der Waals surface area (Å²) >= 11 is 0. The second kappa shape index (κ2) is 4.97. The van der Waals surface area contributed by atoms with Crippen molar-refractivity contribution in [2.45, 2.75) is 46.1 Å². The molecule has 3 nitrogen and oxygen atoms in total. The Kier molecular flexibility index (Phi) is 4.14. The first kappa shape index (κ1) is 12.5. The Hall–Kier alpha value is -0.570. The summed E-state index contributed by atoms with van der Waals surface area (Å²) in [6.07, 6.45) is 4.00. The standard InChI is InChI=1S/C12H23NO2/c1-9(7-10-5-6-10)13-8-12(2,3)11(14)15-4/h9-10,13H,5-8H2,1-4H3. The predicted octanol–water partition coefficient (Wildman–Crippen LogP) is 1.96. The fourth-order valence-corrected chi connectivity index (χ4v) is 1.71. The van der Waals surface area contributed by atoms with Crippen LogP contribution in [0, 0.1) is 11.3 Å². The van der Waals surface area contributed by atoms with E-state index in [9.17, 15) is 4.79 Å². The highest BCUT2D eigenvalue weighted by molar-refractivity contribution is 5.76. The third kappa shape index (κ3) is 4.20. The van der Waals surface area contributed by atoms with Crippen molar-refractivity contribution >= 4 is 5.97 Å². The maximum atomic E-state index is 11.4. The molecule has 0 amide bonds. The van der Waals surface area contributed by atoms with Gasteiger partial charge in [0.1, 0.15) is 0 Å². The highest BCUT2D eigenvalue weighted by Crippen LogP contribution is 2.33. The predicted molar refractivity (Wildman–Crippen MR) is 60.6 cm³/mol. The average Bonchev–Trinajstić information content (AvgIpc) is 2.97. The van der Waals surface area contributed by atoms with Gasteiger partial charge in [-0.1, -0.05) is 12.8 Å². The first-order chi connectivity index (χ1) is 6.95. The number of nitrogens with one attached hydrogen (secondary N) is 1. The molecular formula is C12H23NO2. The molecule has 0 aliphatic heterocycles. The first-order valence-electron chi connectivity index (χ1n) is 5.77. The Morgan fingerprint density at radius 1 is 1.53 bits per heavy atom. The van der Waals surface area contributed by atoms with Crippen molar-refractivity contribution in [3.63, 3.8) is 0 Å². The van der Waals surface area contributed by atoms with E-state index >= 15 is 0 Å². The molecule has 0 aromatic carbocycles. The smallest absolute Gasteiger partial charge is 0.312 e. The minimum Gasteiger partial charge on any atom is -0.469 e. The zero-order chi connectivity index (χ0) is 11.5. The van der Waals surface area contributed by atoms with Gasteiger partial charge in [0, 0.05) is 12.6 Å². The van der Waals surface area contributed by atoms with Crippen LogP contribution in [0.5, 0.6) is 0 Å². The van der Waals surface area contributed by atoms with Crippen LogP contribution in [0.4, 0.5) is 0 Å². The molecule has 15 heavy (non-hydrogen) atoms. The van der Waals surface area contributed by atoms with Crippen molar-refractivity contribution in [1.82, 2.24) is 5.32 Å². The van der Waals surface area contributed by atoms with E-state index in [-0.39, 0.29) is 5.97 Å². The Morgan fingerprint density at radius 2 is 2.13 bits per heavy atom. The van der Waals surface area contributed by atoms with Gasteiger partial charge >= 0.3 is 5.97 Å². The third-order valence-corrected chi connectivity index (χ3v) is 3.01. The Labute approximate surface area is 92.6 Å². The van der Waals surface area contributed by atoms with Crippen LogP contribution in [0.15, 0.2) is 0 Å². The molecular weight excluding hydrogens is 190 g/mol. The van der Waals surface area contributed by atoms with Gasteiger partial charge in [-0.2, -0.15) is 0 Å². The second-order valence-electron chi connectivity index (χ2n) is 5.34. The molecule has 0 spiro atoms. The maximum Gasteiger partial charge on any atom is 0.312 e. The number of rotatable bonds is 6.